The Morgan fingerprint density at radius 2 is 1.49 bits per heavy atom. The highest BCUT2D eigenvalue weighted by Crippen LogP contribution is 2.32. The van der Waals surface area contributed by atoms with Crippen molar-refractivity contribution in [2.45, 2.75) is 26.7 Å². The number of nitrogens with zero attached hydrogens (tertiary/aromatic N) is 5. The van der Waals surface area contributed by atoms with Gasteiger partial charge in [0.05, 0.1) is 27.8 Å². The SMILES string of the molecule is Cc1cc(NNc2ccc(NNc3ccc(N4CCCC4)s3)cc2C)ccc1N=Nc1nnc(/C=C/c2ccccc2)s1. The van der Waals surface area contributed by atoms with Crippen molar-refractivity contribution in [1.29, 1.82) is 0 Å². The molecule has 1 aliphatic rings. The molecule has 218 valence electrons. The summed E-state index contributed by atoms with van der Waals surface area (Å²) in [7, 11) is 0. The van der Waals surface area contributed by atoms with E-state index in [-0.39, 0.29) is 0 Å². The molecule has 0 amide bonds. The first-order chi connectivity index (χ1) is 21.1. The molecule has 9 nitrogen and oxygen atoms in total. The quantitative estimate of drug-likeness (QED) is 0.0877. The van der Waals surface area contributed by atoms with E-state index < -0.39 is 0 Å². The number of nitrogens with one attached hydrogen (secondary N) is 4. The van der Waals surface area contributed by atoms with Crippen molar-refractivity contribution < 1.29 is 0 Å². The highest BCUT2D eigenvalue weighted by atomic mass is 32.1. The number of thiophene rings is 1. The summed E-state index contributed by atoms with van der Waals surface area (Å²) >= 11 is 3.17. The second-order valence-electron chi connectivity index (χ2n) is 10.2. The van der Waals surface area contributed by atoms with E-state index in [1.807, 2.05) is 73.7 Å². The summed E-state index contributed by atoms with van der Waals surface area (Å²) in [5.74, 6) is 0. The van der Waals surface area contributed by atoms with Crippen molar-refractivity contribution in [2.24, 2.45) is 10.2 Å². The lowest BCUT2D eigenvalue weighted by Gasteiger charge is -2.15. The zero-order valence-corrected chi connectivity index (χ0v) is 25.7. The number of hydrazine groups is 2. The minimum Gasteiger partial charge on any atom is -0.363 e. The number of aromatic nitrogens is 2. The molecule has 4 N–H and O–H groups in total. The van der Waals surface area contributed by atoms with Crippen LogP contribution in [0.5, 0.6) is 0 Å². The summed E-state index contributed by atoms with van der Waals surface area (Å²) in [5, 5.41) is 20.7. The zero-order chi connectivity index (χ0) is 29.4. The average Bonchev–Trinajstić information content (AvgIpc) is 3.81. The van der Waals surface area contributed by atoms with Gasteiger partial charge in [-0.2, -0.15) is 0 Å². The normalized spacial score (nSPS) is 13.2. The Hall–Kier alpha value is -4.74. The maximum absolute atomic E-state index is 4.40. The van der Waals surface area contributed by atoms with Crippen LogP contribution in [0.25, 0.3) is 12.2 Å². The summed E-state index contributed by atoms with van der Waals surface area (Å²) in [6, 6.07) is 26.5. The standard InChI is InChI=1S/C32H33N9S2/c1-22-21-26(34-37-29-16-17-31(42-29)41-18-6-7-19-41)12-13-27(22)35-33-25-11-14-28(23(2)20-25)36-39-32-40-38-30(43-32)15-10-24-8-4-3-5-9-24/h3-5,8-17,20-21,33-35,37H,6-7,18-19H2,1-2H3/b15-10+,39-36?. The molecule has 1 saturated heterocycles. The van der Waals surface area contributed by atoms with Crippen LogP contribution >= 0.6 is 22.7 Å². The molecular weight excluding hydrogens is 575 g/mol. The number of hydrogen-bond donors (Lipinski definition) is 4. The lowest BCUT2D eigenvalue weighted by atomic mass is 10.2. The molecule has 0 atom stereocenters. The van der Waals surface area contributed by atoms with Crippen LogP contribution in [-0.4, -0.2) is 23.3 Å². The summed E-state index contributed by atoms with van der Waals surface area (Å²) in [4.78, 5) is 2.45. The zero-order valence-electron chi connectivity index (χ0n) is 24.0. The molecule has 5 aromatic rings. The van der Waals surface area contributed by atoms with Gasteiger partial charge in [0.2, 0.25) is 0 Å². The smallest absolute Gasteiger partial charge is 0.252 e. The molecule has 11 heteroatoms. The number of anilines is 5. The third-order valence-corrected chi connectivity index (χ3v) is 8.83. The van der Waals surface area contributed by atoms with E-state index in [0.29, 0.717) is 5.13 Å². The molecule has 43 heavy (non-hydrogen) atoms. The van der Waals surface area contributed by atoms with E-state index in [2.05, 4.69) is 78.2 Å². The van der Waals surface area contributed by atoms with Crippen molar-refractivity contribution >= 4 is 72.7 Å². The van der Waals surface area contributed by atoms with Crippen molar-refractivity contribution in [2.75, 3.05) is 39.7 Å². The van der Waals surface area contributed by atoms with E-state index in [4.69, 9.17) is 0 Å². The highest BCUT2D eigenvalue weighted by molar-refractivity contribution is 7.20. The fraction of sp³-hybridized carbons (Fsp3) is 0.188. The van der Waals surface area contributed by atoms with Gasteiger partial charge in [0.25, 0.3) is 5.13 Å². The van der Waals surface area contributed by atoms with Gasteiger partial charge in [-0.25, -0.2) is 0 Å². The average molecular weight is 608 g/mol. The number of rotatable bonds is 11. The molecule has 0 saturated carbocycles. The molecule has 0 bridgehead atoms. The first-order valence-corrected chi connectivity index (χ1v) is 15.8. The summed E-state index contributed by atoms with van der Waals surface area (Å²) < 4.78 is 0. The maximum Gasteiger partial charge on any atom is 0.252 e. The summed E-state index contributed by atoms with van der Waals surface area (Å²) in [5.41, 5.74) is 20.2. The Labute approximate surface area is 259 Å². The van der Waals surface area contributed by atoms with Gasteiger partial charge < -0.3 is 21.2 Å². The van der Waals surface area contributed by atoms with Gasteiger partial charge in [-0.05, 0) is 98.0 Å². The Balaban J connectivity index is 1.000. The largest absolute Gasteiger partial charge is 0.363 e. The van der Waals surface area contributed by atoms with Crippen LogP contribution in [0.1, 0.15) is 34.5 Å². The van der Waals surface area contributed by atoms with Gasteiger partial charge in [-0.1, -0.05) is 59.1 Å². The van der Waals surface area contributed by atoms with Crippen molar-refractivity contribution in [3.05, 3.63) is 101 Å². The number of hydrogen-bond acceptors (Lipinski definition) is 11. The predicted molar refractivity (Wildman–Crippen MR) is 182 cm³/mol. The molecule has 3 aromatic carbocycles. The molecular formula is C32H33N9S2. The fourth-order valence-corrected chi connectivity index (χ4v) is 6.14. The van der Waals surface area contributed by atoms with Gasteiger partial charge in [0.1, 0.15) is 10.0 Å². The van der Waals surface area contributed by atoms with Crippen LogP contribution in [0.4, 0.5) is 37.9 Å². The van der Waals surface area contributed by atoms with Crippen LogP contribution < -0.4 is 26.6 Å². The third-order valence-electron chi connectivity index (χ3n) is 7.00. The topological polar surface area (TPSA) is 102 Å². The minimum absolute atomic E-state index is 0.516. The lowest BCUT2D eigenvalue weighted by molar-refractivity contribution is 0.949. The predicted octanol–water partition coefficient (Wildman–Crippen LogP) is 9.28. The third kappa shape index (κ3) is 7.56. The van der Waals surface area contributed by atoms with E-state index in [9.17, 15) is 0 Å². The van der Waals surface area contributed by atoms with Gasteiger partial charge in [-0.3, -0.25) is 5.43 Å². The second kappa shape index (κ2) is 13.5. The van der Waals surface area contributed by atoms with Crippen LogP contribution in [-0.2, 0) is 0 Å². The van der Waals surface area contributed by atoms with Crippen molar-refractivity contribution in [1.82, 2.24) is 10.2 Å². The van der Waals surface area contributed by atoms with Crippen LogP contribution in [0, 0.1) is 13.8 Å². The molecule has 0 spiro atoms. The van der Waals surface area contributed by atoms with Gasteiger partial charge >= 0.3 is 0 Å². The molecule has 0 unspecified atom stereocenters. The first-order valence-electron chi connectivity index (χ1n) is 14.2. The van der Waals surface area contributed by atoms with Crippen molar-refractivity contribution in [3.63, 3.8) is 0 Å². The molecule has 3 heterocycles. The van der Waals surface area contributed by atoms with E-state index in [1.54, 1.807) is 11.3 Å². The van der Waals surface area contributed by atoms with Crippen molar-refractivity contribution in [3.8, 4) is 0 Å². The molecule has 0 aliphatic carbocycles. The van der Waals surface area contributed by atoms with E-state index in [0.717, 1.165) is 62.5 Å². The van der Waals surface area contributed by atoms with Crippen LogP contribution in [0.2, 0.25) is 0 Å². The first kappa shape index (κ1) is 28.4. The van der Waals surface area contributed by atoms with E-state index in [1.165, 1.54) is 29.2 Å². The molecule has 0 radical (unpaired) electrons. The minimum atomic E-state index is 0.516. The molecule has 6 rings (SSSR count). The summed E-state index contributed by atoms with van der Waals surface area (Å²) in [6.45, 7) is 6.40. The molecule has 2 aromatic heterocycles. The Bertz CT molecular complexity index is 1720. The number of aryl methyl sites for hydroxylation is 2. The number of azo groups is 1. The number of benzene rings is 3. The Kier molecular flexibility index (Phi) is 8.90. The van der Waals surface area contributed by atoms with Gasteiger partial charge in [0.15, 0.2) is 0 Å². The monoisotopic (exact) mass is 607 g/mol. The van der Waals surface area contributed by atoms with Crippen LogP contribution in [0.3, 0.4) is 0 Å². The van der Waals surface area contributed by atoms with Gasteiger partial charge in [0, 0.05) is 13.1 Å². The Morgan fingerprint density at radius 1 is 0.721 bits per heavy atom. The molecule has 1 aliphatic heterocycles. The Morgan fingerprint density at radius 3 is 2.28 bits per heavy atom. The fourth-order valence-electron chi connectivity index (χ4n) is 4.67. The maximum atomic E-state index is 4.40. The van der Waals surface area contributed by atoms with E-state index >= 15 is 0 Å². The highest BCUT2D eigenvalue weighted by Gasteiger charge is 2.14. The van der Waals surface area contributed by atoms with Gasteiger partial charge in [-0.15, -0.1) is 20.4 Å². The molecule has 1 fully saturated rings. The lowest BCUT2D eigenvalue weighted by Crippen LogP contribution is -2.15. The van der Waals surface area contributed by atoms with Crippen LogP contribution in [0.15, 0.2) is 89.1 Å². The second-order valence-corrected chi connectivity index (χ2v) is 12.3. The summed E-state index contributed by atoms with van der Waals surface area (Å²) in [6.07, 6.45) is 6.51.